The number of fused-ring (bicyclic) bond motifs is 1. The fraction of sp³-hybridized carbons (Fsp3) is 0.312. The summed E-state index contributed by atoms with van der Waals surface area (Å²) in [5, 5.41) is 17.0. The first-order valence-electron chi connectivity index (χ1n) is 8.11. The smallest absolute Gasteiger partial charge is 0.404 e. The second-order valence-electron chi connectivity index (χ2n) is 5.81. The lowest BCUT2D eigenvalue weighted by Crippen LogP contribution is -2.71. The number of ether oxygens (including phenoxy) is 1. The summed E-state index contributed by atoms with van der Waals surface area (Å²) >= 11 is 1.18. The van der Waals surface area contributed by atoms with Gasteiger partial charge in [0, 0.05) is 11.3 Å². The first-order valence-corrected chi connectivity index (χ1v) is 9.16. The summed E-state index contributed by atoms with van der Waals surface area (Å²) in [4.78, 5) is 53.0. The Morgan fingerprint density at radius 3 is 2.83 bits per heavy atom. The monoisotopic (exact) mass is 423 g/mol. The number of nitrogens with one attached hydrogen (secondary N) is 1. The molecule has 1 aromatic rings. The van der Waals surface area contributed by atoms with E-state index < -0.39 is 41.0 Å². The van der Waals surface area contributed by atoms with Crippen LogP contribution in [0, 0.1) is 0 Å². The number of hydrogen-bond acceptors (Lipinski definition) is 10. The van der Waals surface area contributed by atoms with Crippen molar-refractivity contribution in [2.45, 2.75) is 11.4 Å². The van der Waals surface area contributed by atoms with E-state index in [2.05, 4.69) is 20.0 Å². The number of hydrogen-bond donors (Lipinski definition) is 2. The molecule has 12 nitrogen and oxygen atoms in total. The molecule has 13 heteroatoms. The van der Waals surface area contributed by atoms with Crippen molar-refractivity contribution in [2.24, 2.45) is 10.9 Å². The SMILES string of the molecule is CO/N=C(/C(=O)NC1C(=O)N2C(C(=O)[O-])=C(COC(N)=O)CSC12)c1ccco1. The molecule has 2 unspecified atom stereocenters. The number of β-lactam (4-membered cyclic amide) rings is 1. The van der Waals surface area contributed by atoms with Gasteiger partial charge in [-0.05, 0) is 12.1 Å². The van der Waals surface area contributed by atoms with Crippen LogP contribution < -0.4 is 16.2 Å². The molecule has 3 rings (SSSR count). The minimum atomic E-state index is -1.60. The van der Waals surface area contributed by atoms with Crippen molar-refractivity contribution >= 4 is 41.4 Å². The highest BCUT2D eigenvalue weighted by Crippen LogP contribution is 2.40. The van der Waals surface area contributed by atoms with E-state index in [4.69, 9.17) is 10.2 Å². The lowest BCUT2D eigenvalue weighted by atomic mass is 10.0. The molecule has 3 N–H and O–H groups in total. The molecule has 0 aromatic carbocycles. The highest BCUT2D eigenvalue weighted by atomic mass is 32.2. The second-order valence-corrected chi connectivity index (χ2v) is 6.91. The maximum absolute atomic E-state index is 12.5. The number of carbonyl (C=O) groups is 4. The van der Waals surface area contributed by atoms with Gasteiger partial charge >= 0.3 is 6.09 Å². The Hall–Kier alpha value is -3.48. The summed E-state index contributed by atoms with van der Waals surface area (Å²) in [6, 6.07) is 2.04. The van der Waals surface area contributed by atoms with Crippen LogP contribution in [0.3, 0.4) is 0 Å². The molecular weight excluding hydrogens is 408 g/mol. The van der Waals surface area contributed by atoms with Crippen LogP contribution in [-0.2, 0) is 24.0 Å². The molecule has 2 atom stereocenters. The molecular formula is C16H15N4O8S-. The normalized spacial score (nSPS) is 21.2. The third-order valence-corrected chi connectivity index (χ3v) is 5.41. The number of amides is 3. The molecule has 0 bridgehead atoms. The zero-order valence-electron chi connectivity index (χ0n) is 14.9. The molecule has 0 saturated carbocycles. The Morgan fingerprint density at radius 1 is 1.48 bits per heavy atom. The fourth-order valence-corrected chi connectivity index (χ4v) is 4.18. The van der Waals surface area contributed by atoms with E-state index in [1.54, 1.807) is 6.07 Å². The zero-order valence-corrected chi connectivity index (χ0v) is 15.8. The van der Waals surface area contributed by atoms with E-state index in [0.717, 1.165) is 4.90 Å². The Bertz CT molecular complexity index is 910. The predicted molar refractivity (Wildman–Crippen MR) is 94.8 cm³/mol. The van der Waals surface area contributed by atoms with Gasteiger partial charge in [-0.15, -0.1) is 11.8 Å². The highest BCUT2D eigenvalue weighted by molar-refractivity contribution is 8.00. The summed E-state index contributed by atoms with van der Waals surface area (Å²) in [5.74, 6) is -2.74. The van der Waals surface area contributed by atoms with Gasteiger partial charge in [0.15, 0.2) is 5.76 Å². The van der Waals surface area contributed by atoms with E-state index in [9.17, 15) is 24.3 Å². The van der Waals surface area contributed by atoms with E-state index in [1.807, 2.05) is 0 Å². The van der Waals surface area contributed by atoms with Gasteiger partial charge in [-0.3, -0.25) is 14.5 Å². The van der Waals surface area contributed by atoms with E-state index in [0.29, 0.717) is 0 Å². The van der Waals surface area contributed by atoms with Crippen molar-refractivity contribution in [3.63, 3.8) is 0 Å². The van der Waals surface area contributed by atoms with Crippen LogP contribution in [0.4, 0.5) is 4.79 Å². The molecule has 0 spiro atoms. The van der Waals surface area contributed by atoms with Gasteiger partial charge in [-0.2, -0.15) is 0 Å². The van der Waals surface area contributed by atoms with Crippen molar-refractivity contribution in [2.75, 3.05) is 19.5 Å². The third-order valence-electron chi connectivity index (χ3n) is 4.07. The molecule has 0 radical (unpaired) electrons. The van der Waals surface area contributed by atoms with Crippen molar-refractivity contribution < 1.29 is 38.3 Å². The van der Waals surface area contributed by atoms with Crippen LogP contribution in [0.1, 0.15) is 5.76 Å². The number of nitrogens with two attached hydrogens (primary N) is 1. The number of furan rings is 1. The topological polar surface area (TPSA) is 177 Å². The summed E-state index contributed by atoms with van der Waals surface area (Å²) in [6.45, 7) is -0.387. The Balaban J connectivity index is 1.77. The average molecular weight is 423 g/mol. The maximum atomic E-state index is 12.5. The predicted octanol–water partition coefficient (Wildman–Crippen LogP) is -1.87. The molecule has 2 aliphatic heterocycles. The van der Waals surface area contributed by atoms with Crippen LogP contribution >= 0.6 is 11.8 Å². The van der Waals surface area contributed by atoms with Crippen LogP contribution in [0.2, 0.25) is 0 Å². The fourth-order valence-electron chi connectivity index (χ4n) is 2.85. The lowest BCUT2D eigenvalue weighted by Gasteiger charge is -2.50. The van der Waals surface area contributed by atoms with Crippen molar-refractivity contribution in [3.8, 4) is 0 Å². The number of aliphatic carboxylic acids is 1. The third kappa shape index (κ3) is 3.89. The van der Waals surface area contributed by atoms with Gasteiger partial charge in [-0.25, -0.2) is 4.79 Å². The molecule has 1 aromatic heterocycles. The van der Waals surface area contributed by atoms with Gasteiger partial charge in [0.05, 0.1) is 17.9 Å². The van der Waals surface area contributed by atoms with E-state index in [-0.39, 0.29) is 29.4 Å². The molecule has 0 aliphatic carbocycles. The number of carboxylic acid groups (broad SMARTS) is 1. The Kier molecular flexibility index (Phi) is 5.77. The lowest BCUT2D eigenvalue weighted by molar-refractivity contribution is -0.301. The first-order chi connectivity index (χ1) is 13.8. The van der Waals surface area contributed by atoms with Crippen molar-refractivity contribution in [1.82, 2.24) is 10.2 Å². The van der Waals surface area contributed by atoms with Gasteiger partial charge in [0.25, 0.3) is 11.8 Å². The number of primary amides is 1. The van der Waals surface area contributed by atoms with Crippen molar-refractivity contribution in [1.29, 1.82) is 0 Å². The summed E-state index contributed by atoms with van der Waals surface area (Å²) in [7, 11) is 1.25. The molecule has 154 valence electrons. The molecule has 2 aliphatic rings. The maximum Gasteiger partial charge on any atom is 0.404 e. The molecule has 29 heavy (non-hydrogen) atoms. The molecule has 1 fully saturated rings. The zero-order chi connectivity index (χ0) is 21.1. The number of nitrogens with zero attached hydrogens (tertiary/aromatic N) is 2. The largest absolute Gasteiger partial charge is 0.543 e. The Morgan fingerprint density at radius 2 is 2.24 bits per heavy atom. The summed E-state index contributed by atoms with van der Waals surface area (Å²) < 4.78 is 9.75. The summed E-state index contributed by atoms with van der Waals surface area (Å²) in [5.41, 5.74) is 4.48. The van der Waals surface area contributed by atoms with Crippen molar-refractivity contribution in [3.05, 3.63) is 35.4 Å². The van der Waals surface area contributed by atoms with Gasteiger partial charge < -0.3 is 34.9 Å². The number of thioether (sulfide) groups is 1. The Labute approximate surface area is 167 Å². The second kappa shape index (κ2) is 8.26. The van der Waals surface area contributed by atoms with Crippen LogP contribution in [0.25, 0.3) is 0 Å². The van der Waals surface area contributed by atoms with E-state index >= 15 is 0 Å². The van der Waals surface area contributed by atoms with Crippen LogP contribution in [0.5, 0.6) is 0 Å². The minimum Gasteiger partial charge on any atom is -0.543 e. The first kappa shape index (κ1) is 20.3. The average Bonchev–Trinajstić information content (AvgIpc) is 3.21. The standard InChI is InChI=1S/C16H16N4O8S/c1-26-19-9(8-3-2-4-27-8)12(21)18-10-13(22)20-11(15(23)24)7(5-28-16(17)25)6-29-14(10)20/h2-4,10,14H,5-6H2,1H3,(H2,17,25)(H,18,21)(H,23,24)/p-1/b19-9+. The molecule has 3 heterocycles. The minimum absolute atomic E-state index is 0.130. The number of oxime groups is 1. The molecule has 3 amide bonds. The highest BCUT2D eigenvalue weighted by Gasteiger charge is 2.53. The summed E-state index contributed by atoms with van der Waals surface area (Å²) in [6.07, 6.45) is 0.262. The number of rotatable bonds is 7. The van der Waals surface area contributed by atoms with E-state index in [1.165, 1.54) is 31.2 Å². The van der Waals surface area contributed by atoms with Gasteiger partial charge in [0.2, 0.25) is 5.71 Å². The van der Waals surface area contributed by atoms with Gasteiger partial charge in [0.1, 0.15) is 25.1 Å². The molecule has 1 saturated heterocycles. The number of carbonyl (C=O) groups excluding carboxylic acids is 4. The van der Waals surface area contributed by atoms with Crippen LogP contribution in [0.15, 0.2) is 39.2 Å². The van der Waals surface area contributed by atoms with Gasteiger partial charge in [-0.1, -0.05) is 5.16 Å². The number of carboxylic acids is 1. The quantitative estimate of drug-likeness (QED) is 0.289. The van der Waals surface area contributed by atoms with Crippen LogP contribution in [-0.4, -0.2) is 65.4 Å².